The number of hydrogen-bond donors (Lipinski definition) is 1. The van der Waals surface area contributed by atoms with Crippen LogP contribution < -0.4 is 5.73 Å². The van der Waals surface area contributed by atoms with Gasteiger partial charge in [-0.2, -0.15) is 0 Å². The lowest BCUT2D eigenvalue weighted by atomic mass is 10.1. The van der Waals surface area contributed by atoms with Gasteiger partial charge in [-0.25, -0.2) is 14.5 Å². The molecule has 0 fully saturated rings. The third kappa shape index (κ3) is 9.32. The highest BCUT2D eigenvalue weighted by molar-refractivity contribution is 5.80. The molecule has 1 unspecified atom stereocenters. The van der Waals surface area contributed by atoms with Gasteiger partial charge in [-0.1, -0.05) is 25.1 Å². The van der Waals surface area contributed by atoms with Crippen LogP contribution in [0.5, 0.6) is 0 Å². The molecule has 2 N–H and O–H groups in total. The summed E-state index contributed by atoms with van der Waals surface area (Å²) in [6.07, 6.45) is 5.02. The molecule has 190 valence electrons. The number of nitrogens with two attached hydrogens (primary N) is 1. The van der Waals surface area contributed by atoms with Gasteiger partial charge >= 0.3 is 6.09 Å². The average Bonchev–Trinajstić information content (AvgIpc) is 3.22. The van der Waals surface area contributed by atoms with Crippen LogP contribution in [0, 0.1) is 0 Å². The van der Waals surface area contributed by atoms with Crippen molar-refractivity contribution in [1.82, 2.24) is 29.9 Å². The zero-order chi connectivity index (χ0) is 25.9. The zero-order valence-corrected chi connectivity index (χ0v) is 20.9. The molecule has 0 bridgehead atoms. The number of rotatable bonds is 10. The van der Waals surface area contributed by atoms with Crippen LogP contribution in [0.15, 0.2) is 24.9 Å². The second kappa shape index (κ2) is 13.5. The van der Waals surface area contributed by atoms with Crippen molar-refractivity contribution in [3.05, 3.63) is 30.6 Å². The molecule has 0 spiro atoms. The van der Waals surface area contributed by atoms with Gasteiger partial charge < -0.3 is 10.5 Å². The molecule has 1 aliphatic heterocycles. The Morgan fingerprint density at radius 3 is 2.59 bits per heavy atom. The van der Waals surface area contributed by atoms with Crippen LogP contribution in [0.1, 0.15) is 40.3 Å². The van der Waals surface area contributed by atoms with E-state index in [1.54, 1.807) is 37.7 Å². The third-order valence-electron chi connectivity index (χ3n) is 4.27. The fourth-order valence-electron chi connectivity index (χ4n) is 3.04. The number of nitrogens with zero attached hydrogens (tertiary/aromatic N) is 6. The standard InChI is InChI=1S/C20H31N7O5.C2H6/c1-6-7-31-27(14-28)17-8-16(11-24(5)12-17)26-10-15(22-23-26)9-25(13-18(21)29)19(30)32-20(2,3)4;1-2/h6,8,10,14,17H,1,7,9,11-13H2,2-5H3,(H2,21,29);1-2H3. The minimum atomic E-state index is -0.727. The van der Waals surface area contributed by atoms with E-state index in [1.165, 1.54) is 9.96 Å². The van der Waals surface area contributed by atoms with Crippen molar-refractivity contribution in [3.63, 3.8) is 0 Å². The molecule has 1 aliphatic rings. The number of carbonyl (C=O) groups excluding carboxylic acids is 3. The van der Waals surface area contributed by atoms with Crippen LogP contribution in [-0.2, 0) is 25.7 Å². The van der Waals surface area contributed by atoms with E-state index in [0.717, 1.165) is 5.70 Å². The normalized spacial score (nSPS) is 15.9. The third-order valence-corrected chi connectivity index (χ3v) is 4.27. The molecule has 2 rings (SSSR count). The lowest BCUT2D eigenvalue weighted by Gasteiger charge is -2.33. The summed E-state index contributed by atoms with van der Waals surface area (Å²) in [6, 6.07) is -0.332. The molecule has 1 aromatic heterocycles. The van der Waals surface area contributed by atoms with E-state index in [-0.39, 0.29) is 25.7 Å². The topological polar surface area (TPSA) is 136 Å². The molecule has 0 aromatic carbocycles. The Morgan fingerprint density at radius 2 is 2.03 bits per heavy atom. The Kier molecular flexibility index (Phi) is 11.4. The first-order valence-electron chi connectivity index (χ1n) is 11.1. The summed E-state index contributed by atoms with van der Waals surface area (Å²) in [5.41, 5.74) is 5.77. The molecule has 2 heterocycles. The maximum atomic E-state index is 12.5. The van der Waals surface area contributed by atoms with Gasteiger partial charge in [0.15, 0.2) is 0 Å². The fourth-order valence-corrected chi connectivity index (χ4v) is 3.04. The van der Waals surface area contributed by atoms with Gasteiger partial charge in [0.2, 0.25) is 12.3 Å². The van der Waals surface area contributed by atoms with Crippen LogP contribution in [0.2, 0.25) is 0 Å². The predicted octanol–water partition coefficient (Wildman–Crippen LogP) is 1.26. The number of ether oxygens (including phenoxy) is 1. The molecule has 12 nitrogen and oxygen atoms in total. The highest BCUT2D eigenvalue weighted by Crippen LogP contribution is 2.18. The summed E-state index contributed by atoms with van der Waals surface area (Å²) >= 11 is 0. The van der Waals surface area contributed by atoms with Gasteiger partial charge in [0, 0.05) is 13.1 Å². The lowest BCUT2D eigenvalue weighted by Crippen LogP contribution is -2.45. The predicted molar refractivity (Wildman–Crippen MR) is 127 cm³/mol. The SMILES string of the molecule is C=CCON(C=O)C1C=C(n2cc(CN(CC(N)=O)C(=O)OC(C)(C)C)nn2)CN(C)C1.CC. The highest BCUT2D eigenvalue weighted by atomic mass is 16.7. The van der Waals surface area contributed by atoms with Crippen LogP contribution in [-0.4, -0.2) is 93.2 Å². The number of primary amides is 1. The molecule has 12 heteroatoms. The number of carbonyl (C=O) groups is 3. The van der Waals surface area contributed by atoms with Gasteiger partial charge in [-0.05, 0) is 33.9 Å². The molecular formula is C22H37N7O5. The van der Waals surface area contributed by atoms with Crippen LogP contribution in [0.25, 0.3) is 5.70 Å². The van der Waals surface area contributed by atoms with E-state index in [9.17, 15) is 14.4 Å². The van der Waals surface area contributed by atoms with Crippen molar-refractivity contribution in [2.45, 2.75) is 52.8 Å². The van der Waals surface area contributed by atoms with Gasteiger partial charge in [-0.3, -0.25) is 24.2 Å². The van der Waals surface area contributed by atoms with Crippen molar-refractivity contribution in [3.8, 4) is 0 Å². The zero-order valence-electron chi connectivity index (χ0n) is 20.9. The first kappa shape index (κ1) is 28.8. The van der Waals surface area contributed by atoms with E-state index in [2.05, 4.69) is 16.9 Å². The van der Waals surface area contributed by atoms with E-state index in [0.29, 0.717) is 25.2 Å². The van der Waals surface area contributed by atoms with Crippen molar-refractivity contribution in [2.24, 2.45) is 5.73 Å². The number of amides is 3. The van der Waals surface area contributed by atoms with Crippen LogP contribution >= 0.6 is 0 Å². The van der Waals surface area contributed by atoms with Gasteiger partial charge in [0.1, 0.15) is 17.8 Å². The number of hydrogen-bond acceptors (Lipinski definition) is 8. The summed E-state index contributed by atoms with van der Waals surface area (Å²) in [5, 5.41) is 9.47. The molecular weight excluding hydrogens is 442 g/mol. The van der Waals surface area contributed by atoms with Crippen molar-refractivity contribution in [2.75, 3.05) is 33.3 Å². The Labute approximate surface area is 200 Å². The summed E-state index contributed by atoms with van der Waals surface area (Å²) in [5.74, 6) is -0.670. The lowest BCUT2D eigenvalue weighted by molar-refractivity contribution is -0.177. The molecule has 0 saturated carbocycles. The summed E-state index contributed by atoms with van der Waals surface area (Å²) in [7, 11) is 1.91. The maximum Gasteiger partial charge on any atom is 0.411 e. The minimum Gasteiger partial charge on any atom is -0.444 e. The van der Waals surface area contributed by atoms with Crippen molar-refractivity contribution >= 4 is 24.1 Å². The number of aromatic nitrogens is 3. The quantitative estimate of drug-likeness (QED) is 0.301. The first-order valence-corrected chi connectivity index (χ1v) is 11.1. The Morgan fingerprint density at radius 1 is 1.35 bits per heavy atom. The first-order chi connectivity index (χ1) is 16.0. The molecule has 34 heavy (non-hydrogen) atoms. The van der Waals surface area contributed by atoms with E-state index < -0.39 is 17.6 Å². The molecule has 0 radical (unpaired) electrons. The second-order valence-electron chi connectivity index (χ2n) is 8.43. The largest absolute Gasteiger partial charge is 0.444 e. The van der Waals surface area contributed by atoms with Gasteiger partial charge in [0.25, 0.3) is 0 Å². The smallest absolute Gasteiger partial charge is 0.411 e. The number of likely N-dealkylation sites (N-methyl/N-ethyl adjacent to an activating group) is 1. The molecule has 0 saturated heterocycles. The van der Waals surface area contributed by atoms with Crippen molar-refractivity contribution < 1.29 is 24.0 Å². The van der Waals surface area contributed by atoms with E-state index in [4.69, 9.17) is 15.3 Å². The molecule has 0 aliphatic carbocycles. The van der Waals surface area contributed by atoms with Gasteiger partial charge in [0.05, 0.1) is 31.1 Å². The summed E-state index contributed by atoms with van der Waals surface area (Å²) in [6.45, 7) is 13.8. The highest BCUT2D eigenvalue weighted by Gasteiger charge is 2.27. The summed E-state index contributed by atoms with van der Waals surface area (Å²) in [4.78, 5) is 43.9. The van der Waals surface area contributed by atoms with E-state index in [1.807, 2.05) is 31.9 Å². The molecule has 1 aromatic rings. The van der Waals surface area contributed by atoms with Crippen LogP contribution in [0.3, 0.4) is 0 Å². The Hall–Kier alpha value is -3.25. The second-order valence-corrected chi connectivity index (χ2v) is 8.43. The Balaban J connectivity index is 0.00000281. The van der Waals surface area contributed by atoms with Crippen LogP contribution in [0.4, 0.5) is 4.79 Å². The Bertz CT molecular complexity index is 862. The average molecular weight is 480 g/mol. The summed E-state index contributed by atoms with van der Waals surface area (Å²) < 4.78 is 6.90. The fraction of sp³-hybridized carbons (Fsp3) is 0.591. The number of hydroxylamine groups is 2. The van der Waals surface area contributed by atoms with E-state index >= 15 is 0 Å². The minimum absolute atomic E-state index is 0.00664. The van der Waals surface area contributed by atoms with Gasteiger partial charge in [-0.15, -0.1) is 11.7 Å². The molecule has 1 atom stereocenters. The monoisotopic (exact) mass is 479 g/mol. The molecule has 3 amide bonds. The maximum absolute atomic E-state index is 12.5. The van der Waals surface area contributed by atoms with Crippen molar-refractivity contribution in [1.29, 1.82) is 0 Å².